The van der Waals surface area contributed by atoms with Crippen LogP contribution in [-0.2, 0) is 10.8 Å². The van der Waals surface area contributed by atoms with Gasteiger partial charge in [-0.3, -0.25) is 0 Å². The van der Waals surface area contributed by atoms with Gasteiger partial charge in [-0.25, -0.2) is 0 Å². The fraction of sp³-hybridized carbons (Fsp3) is 0.0857. The minimum atomic E-state index is -0.160. The van der Waals surface area contributed by atoms with Crippen LogP contribution >= 0.6 is 11.3 Å². The average Bonchev–Trinajstić information content (AvgIpc) is 3.99. The van der Waals surface area contributed by atoms with E-state index in [9.17, 15) is 0 Å². The molecule has 0 spiro atoms. The average molecular weight is 955 g/mol. The minimum Gasteiger partial charge on any atom is -0.310 e. The standard InChI is InChI=1S/C70H54N2S/c1-69(2)63-43-49(29-35-57(63)59-37-33-55(45-65(59)69)71(51-17-9-5-10-18-51)52-19-11-6-12-20-52)27-25-47-31-39-67-61(41-47)62-42-48(32-40-68(62)73-67)26-28-50-30-36-58-60-38-34-56(46-66(60)70(3,4)64(58)44-50)72(53-21-13-7-14-22-53)54-23-15-8-16-24-54/h5-46H,1-4H3. The molecule has 350 valence electrons. The SMILES string of the molecule is CC1(C)c2cc(C=Cc3ccc4sc5ccc(C=Cc6ccc7c(c6)C(C)(C)c6cc(N(c8ccccc8)c8ccccc8)ccc6-7)cc5c4c3)ccc2-c2ccc(N(c3ccccc3)c3ccccc3)cc21. The van der Waals surface area contributed by atoms with Crippen LogP contribution in [0.5, 0.6) is 0 Å². The maximum atomic E-state index is 2.40. The largest absolute Gasteiger partial charge is 0.310 e. The lowest BCUT2D eigenvalue weighted by atomic mass is 9.81. The molecule has 0 fully saturated rings. The van der Waals surface area contributed by atoms with Crippen molar-refractivity contribution in [1.82, 2.24) is 0 Å². The lowest BCUT2D eigenvalue weighted by Crippen LogP contribution is -2.16. The highest BCUT2D eigenvalue weighted by molar-refractivity contribution is 7.25. The number of anilines is 6. The Morgan fingerprint density at radius 3 is 0.918 bits per heavy atom. The van der Waals surface area contributed by atoms with Gasteiger partial charge in [0.05, 0.1) is 0 Å². The van der Waals surface area contributed by atoms with Gasteiger partial charge in [0.1, 0.15) is 0 Å². The molecule has 2 aliphatic rings. The van der Waals surface area contributed by atoms with E-state index in [1.54, 1.807) is 0 Å². The van der Waals surface area contributed by atoms with Gasteiger partial charge in [-0.15, -0.1) is 11.3 Å². The van der Waals surface area contributed by atoms with Gasteiger partial charge in [0.15, 0.2) is 0 Å². The number of rotatable bonds is 10. The molecule has 0 bridgehead atoms. The van der Waals surface area contributed by atoms with Crippen molar-refractivity contribution < 1.29 is 0 Å². The minimum absolute atomic E-state index is 0.160. The van der Waals surface area contributed by atoms with E-state index in [0.717, 1.165) is 34.1 Å². The molecule has 1 aromatic heterocycles. The van der Waals surface area contributed by atoms with Crippen molar-refractivity contribution in [2.24, 2.45) is 0 Å². The number of hydrogen-bond donors (Lipinski definition) is 0. The van der Waals surface area contributed by atoms with E-state index in [2.05, 4.69) is 292 Å². The van der Waals surface area contributed by atoms with E-state index in [1.165, 1.54) is 86.9 Å². The molecule has 11 aromatic rings. The van der Waals surface area contributed by atoms with E-state index in [0.29, 0.717) is 0 Å². The van der Waals surface area contributed by atoms with Gasteiger partial charge in [-0.05, 0) is 164 Å². The predicted molar refractivity (Wildman–Crippen MR) is 315 cm³/mol. The first-order chi connectivity index (χ1) is 35.7. The van der Waals surface area contributed by atoms with Gasteiger partial charge in [0.2, 0.25) is 0 Å². The molecule has 0 amide bonds. The van der Waals surface area contributed by atoms with Crippen LogP contribution in [0.4, 0.5) is 34.1 Å². The number of thiophene rings is 1. The lowest BCUT2D eigenvalue weighted by Gasteiger charge is -2.28. The van der Waals surface area contributed by atoms with Crippen LogP contribution in [0.1, 0.15) is 72.2 Å². The zero-order valence-corrected chi connectivity index (χ0v) is 42.4. The van der Waals surface area contributed by atoms with Crippen LogP contribution < -0.4 is 9.80 Å². The molecular weight excluding hydrogens is 901 g/mol. The van der Waals surface area contributed by atoms with Gasteiger partial charge in [-0.2, -0.15) is 0 Å². The smallest absolute Gasteiger partial charge is 0.0465 e. The van der Waals surface area contributed by atoms with Gasteiger partial charge >= 0.3 is 0 Å². The Balaban J connectivity index is 0.752. The fourth-order valence-electron chi connectivity index (χ4n) is 11.6. The highest BCUT2D eigenvalue weighted by Crippen LogP contribution is 2.53. The first kappa shape index (κ1) is 44.4. The Hall–Kier alpha value is -8.50. The number of nitrogens with zero attached hydrogens (tertiary/aromatic N) is 2. The molecule has 0 N–H and O–H groups in total. The number of para-hydroxylation sites is 4. The number of hydrogen-bond acceptors (Lipinski definition) is 3. The van der Waals surface area contributed by atoms with E-state index >= 15 is 0 Å². The molecule has 1 heterocycles. The van der Waals surface area contributed by atoms with E-state index in [4.69, 9.17) is 0 Å². The van der Waals surface area contributed by atoms with Crippen LogP contribution in [0.3, 0.4) is 0 Å². The van der Waals surface area contributed by atoms with Crippen LogP contribution in [0.2, 0.25) is 0 Å². The van der Waals surface area contributed by atoms with E-state index in [-0.39, 0.29) is 10.8 Å². The molecule has 10 aromatic carbocycles. The van der Waals surface area contributed by atoms with Crippen molar-refractivity contribution in [2.45, 2.75) is 38.5 Å². The van der Waals surface area contributed by atoms with Crippen LogP contribution in [-0.4, -0.2) is 0 Å². The number of benzene rings is 10. The quantitative estimate of drug-likeness (QED) is 0.126. The van der Waals surface area contributed by atoms with Gasteiger partial charge in [0.25, 0.3) is 0 Å². The van der Waals surface area contributed by atoms with Crippen molar-refractivity contribution >= 4 is 89.9 Å². The summed E-state index contributed by atoms with van der Waals surface area (Å²) in [6.07, 6.45) is 9.10. The van der Waals surface area contributed by atoms with Crippen molar-refractivity contribution in [3.8, 4) is 22.3 Å². The summed E-state index contributed by atoms with van der Waals surface area (Å²) in [5.41, 5.74) is 22.1. The van der Waals surface area contributed by atoms with Gasteiger partial charge in [-0.1, -0.05) is 185 Å². The summed E-state index contributed by atoms with van der Waals surface area (Å²) in [7, 11) is 0. The second-order valence-corrected chi connectivity index (χ2v) is 21.7. The van der Waals surface area contributed by atoms with Crippen molar-refractivity contribution in [2.75, 3.05) is 9.80 Å². The molecule has 0 unspecified atom stereocenters. The molecule has 73 heavy (non-hydrogen) atoms. The lowest BCUT2D eigenvalue weighted by molar-refractivity contribution is 0.660. The van der Waals surface area contributed by atoms with Crippen molar-refractivity contribution in [3.05, 3.63) is 275 Å². The summed E-state index contributed by atoms with van der Waals surface area (Å²) >= 11 is 1.87. The van der Waals surface area contributed by atoms with Crippen LogP contribution in [0.25, 0.3) is 66.7 Å². The first-order valence-corrected chi connectivity index (χ1v) is 26.2. The Kier molecular flexibility index (Phi) is 10.8. The predicted octanol–water partition coefficient (Wildman–Crippen LogP) is 19.9. The van der Waals surface area contributed by atoms with E-state index in [1.807, 2.05) is 11.3 Å². The van der Waals surface area contributed by atoms with Crippen molar-refractivity contribution in [1.29, 1.82) is 0 Å². The Morgan fingerprint density at radius 2 is 0.575 bits per heavy atom. The van der Waals surface area contributed by atoms with Gasteiger partial charge < -0.3 is 9.80 Å². The van der Waals surface area contributed by atoms with Crippen molar-refractivity contribution in [3.63, 3.8) is 0 Å². The first-order valence-electron chi connectivity index (χ1n) is 25.4. The molecule has 2 nitrogen and oxygen atoms in total. The highest BCUT2D eigenvalue weighted by Gasteiger charge is 2.37. The maximum Gasteiger partial charge on any atom is 0.0465 e. The molecule has 0 saturated heterocycles. The van der Waals surface area contributed by atoms with Crippen LogP contribution in [0, 0.1) is 0 Å². The van der Waals surface area contributed by atoms with E-state index < -0.39 is 0 Å². The third-order valence-electron chi connectivity index (χ3n) is 15.4. The Morgan fingerprint density at radius 1 is 0.288 bits per heavy atom. The summed E-state index contributed by atoms with van der Waals surface area (Å²) in [5.74, 6) is 0. The zero-order valence-electron chi connectivity index (χ0n) is 41.6. The molecular formula is C70H54N2S. The molecule has 0 saturated carbocycles. The highest BCUT2D eigenvalue weighted by atomic mass is 32.1. The molecule has 2 aliphatic carbocycles. The third-order valence-corrected chi connectivity index (χ3v) is 16.5. The molecule has 0 radical (unpaired) electrons. The number of fused-ring (bicyclic) bond motifs is 9. The summed E-state index contributed by atoms with van der Waals surface area (Å²) < 4.78 is 2.61. The summed E-state index contributed by atoms with van der Waals surface area (Å²) in [5, 5.41) is 2.60. The maximum absolute atomic E-state index is 2.40. The Bertz CT molecular complexity index is 3620. The van der Waals surface area contributed by atoms with Gasteiger partial charge in [0, 0.05) is 65.1 Å². The molecule has 0 aliphatic heterocycles. The second kappa shape index (κ2) is 17.7. The fourth-order valence-corrected chi connectivity index (χ4v) is 12.6. The molecule has 13 rings (SSSR count). The molecule has 3 heteroatoms. The third kappa shape index (κ3) is 7.80. The summed E-state index contributed by atoms with van der Waals surface area (Å²) in [4.78, 5) is 4.71. The Labute approximate surface area is 433 Å². The molecule has 0 atom stereocenters. The normalized spacial score (nSPS) is 13.9. The second-order valence-electron chi connectivity index (χ2n) is 20.6. The summed E-state index contributed by atoms with van der Waals surface area (Å²) in [6, 6.07) is 84.5. The monoisotopic (exact) mass is 954 g/mol. The van der Waals surface area contributed by atoms with Crippen LogP contribution in [0.15, 0.2) is 231 Å². The zero-order chi connectivity index (χ0) is 49.3. The topological polar surface area (TPSA) is 6.48 Å². The summed E-state index contributed by atoms with van der Waals surface area (Å²) in [6.45, 7) is 9.49.